The molecule has 8 heteroatoms. The summed E-state index contributed by atoms with van der Waals surface area (Å²) in [4.78, 5) is 8.75. The SMILES string of the molecule is CN1CCN([C@H](CNS(=O)(=O)c2ccc(F)cc2)c2cccnc2)CC1. The summed E-state index contributed by atoms with van der Waals surface area (Å²) in [6, 6.07) is 8.54. The summed E-state index contributed by atoms with van der Waals surface area (Å²) in [6.45, 7) is 3.81. The highest BCUT2D eigenvalue weighted by molar-refractivity contribution is 7.89. The summed E-state index contributed by atoms with van der Waals surface area (Å²) < 4.78 is 40.8. The Hall–Kier alpha value is -1.87. The topological polar surface area (TPSA) is 65.5 Å². The van der Waals surface area contributed by atoms with E-state index in [4.69, 9.17) is 0 Å². The third kappa shape index (κ3) is 4.64. The van der Waals surface area contributed by atoms with Crippen molar-refractivity contribution in [3.63, 3.8) is 0 Å². The average molecular weight is 378 g/mol. The number of nitrogens with one attached hydrogen (secondary N) is 1. The first-order valence-corrected chi connectivity index (χ1v) is 10.0. The lowest BCUT2D eigenvalue weighted by Gasteiger charge is -2.38. The van der Waals surface area contributed by atoms with E-state index >= 15 is 0 Å². The molecule has 0 bridgehead atoms. The van der Waals surface area contributed by atoms with Gasteiger partial charge in [0.05, 0.1) is 4.90 Å². The van der Waals surface area contributed by atoms with Gasteiger partial charge in [0, 0.05) is 51.2 Å². The molecule has 1 fully saturated rings. The van der Waals surface area contributed by atoms with Gasteiger partial charge in [0.2, 0.25) is 10.0 Å². The van der Waals surface area contributed by atoms with E-state index in [1.165, 1.54) is 12.1 Å². The minimum absolute atomic E-state index is 0.0576. The van der Waals surface area contributed by atoms with Crippen molar-refractivity contribution in [1.82, 2.24) is 19.5 Å². The number of sulfonamides is 1. The van der Waals surface area contributed by atoms with Gasteiger partial charge in [-0.3, -0.25) is 9.88 Å². The van der Waals surface area contributed by atoms with Crippen LogP contribution in [0.2, 0.25) is 0 Å². The van der Waals surface area contributed by atoms with Gasteiger partial charge in [-0.2, -0.15) is 0 Å². The molecule has 6 nitrogen and oxygen atoms in total. The number of hydrogen-bond acceptors (Lipinski definition) is 5. The molecule has 1 aliphatic heterocycles. The monoisotopic (exact) mass is 378 g/mol. The highest BCUT2D eigenvalue weighted by Gasteiger charge is 2.26. The van der Waals surface area contributed by atoms with Crippen LogP contribution in [0.25, 0.3) is 0 Å². The zero-order valence-electron chi connectivity index (χ0n) is 14.7. The van der Waals surface area contributed by atoms with E-state index in [9.17, 15) is 12.8 Å². The van der Waals surface area contributed by atoms with E-state index in [2.05, 4.69) is 26.6 Å². The third-order valence-corrected chi connectivity index (χ3v) is 6.08. The predicted octanol–water partition coefficient (Wildman–Crippen LogP) is 1.49. The Morgan fingerprint density at radius 3 is 2.46 bits per heavy atom. The summed E-state index contributed by atoms with van der Waals surface area (Å²) in [6.07, 6.45) is 3.47. The Labute approximate surface area is 153 Å². The van der Waals surface area contributed by atoms with Gasteiger partial charge in [0.1, 0.15) is 5.82 Å². The van der Waals surface area contributed by atoms with Gasteiger partial charge in [0.15, 0.2) is 0 Å². The number of hydrogen-bond donors (Lipinski definition) is 1. The fourth-order valence-electron chi connectivity index (χ4n) is 3.05. The summed E-state index contributed by atoms with van der Waals surface area (Å²) in [7, 11) is -1.63. The van der Waals surface area contributed by atoms with Crippen LogP contribution in [0.15, 0.2) is 53.7 Å². The molecule has 26 heavy (non-hydrogen) atoms. The van der Waals surface area contributed by atoms with Crippen molar-refractivity contribution in [1.29, 1.82) is 0 Å². The molecule has 2 heterocycles. The van der Waals surface area contributed by atoms with Crippen LogP contribution in [0, 0.1) is 5.82 Å². The maximum atomic E-state index is 13.1. The molecule has 0 amide bonds. The Morgan fingerprint density at radius 1 is 1.15 bits per heavy atom. The number of nitrogens with zero attached hydrogens (tertiary/aromatic N) is 3. The largest absolute Gasteiger partial charge is 0.304 e. The summed E-state index contributed by atoms with van der Waals surface area (Å²) >= 11 is 0. The second-order valence-corrected chi connectivity index (χ2v) is 8.21. The molecule has 0 aliphatic carbocycles. The fraction of sp³-hybridized carbons (Fsp3) is 0.389. The minimum Gasteiger partial charge on any atom is -0.304 e. The average Bonchev–Trinajstić information content (AvgIpc) is 2.64. The first-order chi connectivity index (χ1) is 12.5. The van der Waals surface area contributed by atoms with Gasteiger partial charge in [0.25, 0.3) is 0 Å². The number of pyridine rings is 1. The first-order valence-electron chi connectivity index (χ1n) is 8.53. The van der Waals surface area contributed by atoms with Gasteiger partial charge < -0.3 is 4.90 Å². The van der Waals surface area contributed by atoms with Crippen LogP contribution in [0.1, 0.15) is 11.6 Å². The summed E-state index contributed by atoms with van der Waals surface area (Å²) in [5, 5.41) is 0. The Balaban J connectivity index is 1.76. The molecule has 0 saturated carbocycles. The number of halogens is 1. The van der Waals surface area contributed by atoms with Crippen molar-refractivity contribution in [2.24, 2.45) is 0 Å². The van der Waals surface area contributed by atoms with Gasteiger partial charge in [-0.05, 0) is 42.9 Å². The zero-order valence-corrected chi connectivity index (χ0v) is 15.5. The molecule has 2 aromatic rings. The lowest BCUT2D eigenvalue weighted by molar-refractivity contribution is 0.112. The van der Waals surface area contributed by atoms with Crippen molar-refractivity contribution < 1.29 is 12.8 Å². The summed E-state index contributed by atoms with van der Waals surface area (Å²) in [5.74, 6) is -0.463. The van der Waals surface area contributed by atoms with Crippen molar-refractivity contribution in [2.45, 2.75) is 10.9 Å². The van der Waals surface area contributed by atoms with Crippen molar-refractivity contribution >= 4 is 10.0 Å². The second-order valence-electron chi connectivity index (χ2n) is 6.45. The van der Waals surface area contributed by atoms with Crippen LogP contribution in [0.5, 0.6) is 0 Å². The van der Waals surface area contributed by atoms with Gasteiger partial charge in [-0.15, -0.1) is 0 Å². The zero-order chi connectivity index (χ0) is 18.6. The van der Waals surface area contributed by atoms with Crippen LogP contribution in [0.3, 0.4) is 0 Å². The highest BCUT2D eigenvalue weighted by Crippen LogP contribution is 2.21. The van der Waals surface area contributed by atoms with Crippen molar-refractivity contribution in [3.05, 3.63) is 60.2 Å². The normalized spacial score (nSPS) is 17.9. The van der Waals surface area contributed by atoms with Crippen molar-refractivity contribution in [2.75, 3.05) is 39.8 Å². The molecule has 1 saturated heterocycles. The van der Waals surface area contributed by atoms with E-state index in [0.717, 1.165) is 43.9 Å². The predicted molar refractivity (Wildman–Crippen MR) is 97.6 cm³/mol. The molecule has 1 aromatic carbocycles. The molecule has 3 rings (SSSR count). The number of likely N-dealkylation sites (N-methyl/N-ethyl adjacent to an activating group) is 1. The smallest absolute Gasteiger partial charge is 0.240 e. The number of piperazine rings is 1. The van der Waals surface area contributed by atoms with E-state index in [0.29, 0.717) is 0 Å². The number of aromatic nitrogens is 1. The van der Waals surface area contributed by atoms with E-state index < -0.39 is 15.8 Å². The Kier molecular flexibility index (Phi) is 5.98. The molecule has 140 valence electrons. The van der Waals surface area contributed by atoms with Crippen LogP contribution in [-0.2, 0) is 10.0 Å². The lowest BCUT2D eigenvalue weighted by Crippen LogP contribution is -2.48. The molecule has 1 aliphatic rings. The quantitative estimate of drug-likeness (QED) is 0.825. The van der Waals surface area contributed by atoms with Crippen LogP contribution in [0.4, 0.5) is 4.39 Å². The Morgan fingerprint density at radius 2 is 1.85 bits per heavy atom. The first kappa shape index (κ1) is 18.9. The van der Waals surface area contributed by atoms with E-state index in [1.54, 1.807) is 12.4 Å². The Bertz CT molecular complexity index is 807. The standard InChI is InChI=1S/C18H23FN4O2S/c1-22-9-11-23(12-10-22)18(15-3-2-8-20-13-15)14-21-26(24,25)17-6-4-16(19)5-7-17/h2-8,13,18,21H,9-12,14H2,1H3/t18-/m1/s1. The third-order valence-electron chi connectivity index (χ3n) is 4.64. The maximum absolute atomic E-state index is 13.1. The molecule has 0 spiro atoms. The maximum Gasteiger partial charge on any atom is 0.240 e. The van der Waals surface area contributed by atoms with Crippen LogP contribution in [-0.4, -0.2) is 63.0 Å². The number of rotatable bonds is 6. The van der Waals surface area contributed by atoms with Gasteiger partial charge in [-0.25, -0.2) is 17.5 Å². The van der Waals surface area contributed by atoms with E-state index in [-0.39, 0.29) is 17.5 Å². The summed E-state index contributed by atoms with van der Waals surface area (Å²) in [5.41, 5.74) is 0.971. The number of benzene rings is 1. The molecule has 0 radical (unpaired) electrons. The fourth-order valence-corrected chi connectivity index (χ4v) is 4.09. The van der Waals surface area contributed by atoms with Crippen molar-refractivity contribution in [3.8, 4) is 0 Å². The van der Waals surface area contributed by atoms with E-state index in [1.807, 2.05) is 12.1 Å². The van der Waals surface area contributed by atoms with Gasteiger partial charge in [-0.1, -0.05) is 6.07 Å². The van der Waals surface area contributed by atoms with Gasteiger partial charge >= 0.3 is 0 Å². The molecular weight excluding hydrogens is 355 g/mol. The van der Waals surface area contributed by atoms with Crippen LogP contribution >= 0.6 is 0 Å². The molecule has 0 unspecified atom stereocenters. The van der Waals surface area contributed by atoms with Crippen LogP contribution < -0.4 is 4.72 Å². The highest BCUT2D eigenvalue weighted by atomic mass is 32.2. The second kappa shape index (κ2) is 8.22. The lowest BCUT2D eigenvalue weighted by atomic mass is 10.1. The molecule has 1 aromatic heterocycles. The minimum atomic E-state index is -3.70. The molecule has 1 atom stereocenters. The molecule has 1 N–H and O–H groups in total. The molecular formula is C18H23FN4O2S.